The number of benzene rings is 4. The molecule has 0 saturated heterocycles. The van der Waals surface area contributed by atoms with Crippen molar-refractivity contribution in [2.24, 2.45) is 0 Å². The van der Waals surface area contributed by atoms with E-state index in [-0.39, 0.29) is 25.2 Å². The number of carbonyl (C=O) groups excluding carboxylic acids is 2. The van der Waals surface area contributed by atoms with Crippen molar-refractivity contribution in [3.05, 3.63) is 246 Å². The van der Waals surface area contributed by atoms with Crippen molar-refractivity contribution in [3.63, 3.8) is 0 Å². The molecule has 4 aliphatic heterocycles. The molecule has 0 fully saturated rings. The Hall–Kier alpha value is -12.4. The Morgan fingerprint density at radius 3 is 0.760 bits per heavy atom. The highest BCUT2D eigenvalue weighted by Gasteiger charge is 2.32. The Labute approximate surface area is 874 Å². The molecule has 6 aromatic heterocycles. The number of carbonyl (C=O) groups is 2. The number of esters is 2. The first-order valence-electron chi connectivity index (χ1n) is 56.6. The van der Waals surface area contributed by atoms with Crippen molar-refractivity contribution in [2.45, 2.75) is 381 Å². The third-order valence-corrected chi connectivity index (χ3v) is 30.9. The van der Waals surface area contributed by atoms with Crippen molar-refractivity contribution in [1.29, 1.82) is 0 Å². The van der Waals surface area contributed by atoms with Gasteiger partial charge < -0.3 is 29.4 Å². The molecule has 12 nitrogen and oxygen atoms in total. The molecule has 0 unspecified atom stereocenters. The number of fused-ring (bicyclic) bond motifs is 16. The molecule has 12 heteroatoms. The molecular weight excluding hydrogens is 1790 g/mol. The van der Waals surface area contributed by atoms with Gasteiger partial charge in [0, 0.05) is 69.3 Å². The summed E-state index contributed by atoms with van der Waals surface area (Å²) < 4.78 is 10.8. The fourth-order valence-electron chi connectivity index (χ4n) is 22.5. The zero-order valence-corrected chi connectivity index (χ0v) is 92.0. The quantitative estimate of drug-likeness (QED) is 0.0166. The summed E-state index contributed by atoms with van der Waals surface area (Å²) in [5.74, 6) is 13.6. The van der Waals surface area contributed by atoms with Gasteiger partial charge in [-0.15, -0.1) is 0 Å². The van der Waals surface area contributed by atoms with Crippen LogP contribution in [0.15, 0.2) is 133 Å². The van der Waals surface area contributed by atoms with E-state index in [4.69, 9.17) is 29.4 Å². The first-order chi connectivity index (χ1) is 71.1. The van der Waals surface area contributed by atoms with Gasteiger partial charge in [0.15, 0.2) is 0 Å². The van der Waals surface area contributed by atoms with Gasteiger partial charge in [-0.05, 0) is 365 Å². The van der Waals surface area contributed by atoms with E-state index in [0.29, 0.717) is 0 Å². The van der Waals surface area contributed by atoms with Crippen LogP contribution < -0.4 is 0 Å². The average Bonchev–Trinajstić information content (AvgIpc) is 1.59. The molecule has 766 valence electrons. The van der Waals surface area contributed by atoms with Crippen LogP contribution in [0.25, 0.3) is 145 Å². The molecule has 10 heterocycles. The summed E-state index contributed by atoms with van der Waals surface area (Å²) in [5.41, 5.74) is 49.5. The van der Waals surface area contributed by atoms with Gasteiger partial charge in [0.2, 0.25) is 0 Å². The molecule has 14 rings (SSSR count). The number of unbranched alkanes of at least 4 members (excludes halogenated alkanes) is 24. The number of aromatic amines is 4. The summed E-state index contributed by atoms with van der Waals surface area (Å²) in [6.07, 6.45) is 51.7. The molecule has 0 radical (unpaired) electrons. The minimum atomic E-state index is -0.297. The molecule has 0 spiro atoms. The highest BCUT2D eigenvalue weighted by atomic mass is 16.5. The van der Waals surface area contributed by atoms with Gasteiger partial charge in [-0.1, -0.05) is 294 Å². The van der Waals surface area contributed by atoms with Crippen molar-refractivity contribution in [2.75, 3.05) is 13.2 Å². The highest BCUT2D eigenvalue weighted by molar-refractivity contribution is 6.07. The van der Waals surface area contributed by atoms with Crippen LogP contribution >= 0.6 is 0 Å². The Morgan fingerprint density at radius 2 is 0.521 bits per heavy atom. The topological polar surface area (TPSA) is 167 Å². The minimum absolute atomic E-state index is 0.202. The van der Waals surface area contributed by atoms with E-state index in [0.717, 1.165) is 362 Å². The van der Waals surface area contributed by atoms with E-state index in [1.165, 1.54) is 154 Å². The lowest BCUT2D eigenvalue weighted by atomic mass is 9.93. The normalized spacial score (nSPS) is 12.7. The van der Waals surface area contributed by atoms with E-state index < -0.39 is 0 Å². The van der Waals surface area contributed by atoms with E-state index in [9.17, 15) is 9.59 Å². The van der Waals surface area contributed by atoms with Crippen molar-refractivity contribution >= 4 is 113 Å². The van der Waals surface area contributed by atoms with Gasteiger partial charge in [-0.2, -0.15) is 0 Å². The van der Waals surface area contributed by atoms with Gasteiger partial charge in [0.25, 0.3) is 0 Å². The molecule has 0 atom stereocenters. The van der Waals surface area contributed by atoms with Crippen LogP contribution in [0, 0.1) is 51.4 Å². The molecule has 10 aromatic rings. The highest BCUT2D eigenvalue weighted by Crippen LogP contribution is 2.50. The van der Waals surface area contributed by atoms with E-state index in [1.54, 1.807) is 0 Å². The van der Waals surface area contributed by atoms with Crippen LogP contribution in [0.2, 0.25) is 0 Å². The van der Waals surface area contributed by atoms with Crippen LogP contribution in [0.3, 0.4) is 0 Å². The number of aryl methyl sites for hydroxylation is 8. The summed E-state index contributed by atoms with van der Waals surface area (Å²) >= 11 is 0. The molecule has 0 aliphatic carbocycles. The van der Waals surface area contributed by atoms with Crippen LogP contribution in [0.1, 0.15) is 440 Å². The molecule has 16 bridgehead atoms. The predicted molar refractivity (Wildman–Crippen MR) is 624 cm³/mol. The lowest BCUT2D eigenvalue weighted by Crippen LogP contribution is -1.97. The standard InChI is InChI=1S/C134H166N8O4/c1-19-27-35-43-71-107-89(9)127-123(128-90(10)108(72-44-36-28-20-2)116(136-128)86-120-112(76-48-40-32-24-6)94(14)132(140-120)125(105-69-55-63-101(83-105)65-57-79-145-97(17)143)131-93(13)111(75-47-39-31-23-5)119(139-131)85-115(107)135-127)103-67-53-61-99(81-103)59-51-52-60-100-62-54-68-104(82-100)124-129-91(11)109(73-45-37-29-21-3)117(137-129)87-121-113(77-49-41-33-25-7)95(15)133(141-121)126(106-70-56-64-102(84-106)66-58-80-146-98(18)144)134-96(16)114(78-50-42-34-26-8)122(142-134)88-118-110(74-46-38-30-22-4)92(12)130(124)138-118/h53-58,61-70,81-88,135,137,140,142H,19-50,71-80H2,1-18H3/b65-57+,66-58+,115-85?,116-86?,117-87?,118-88?,119-85?,120-86?,121-87?,122-88?,127-123?,128-123?,129-124?,130-124?,131-125?,132-125?,133-126?,134-126?. The third-order valence-electron chi connectivity index (χ3n) is 30.9. The predicted octanol–water partition coefficient (Wildman–Crippen LogP) is 37.5. The minimum Gasteiger partial charge on any atom is -0.462 e. The maximum absolute atomic E-state index is 12.0. The smallest absolute Gasteiger partial charge is 0.302 e. The van der Waals surface area contributed by atoms with Crippen molar-refractivity contribution in [1.82, 2.24) is 39.9 Å². The Bertz CT molecular complexity index is 6620. The second kappa shape index (κ2) is 54.3. The third kappa shape index (κ3) is 27.0. The van der Waals surface area contributed by atoms with Gasteiger partial charge in [-0.25, -0.2) is 19.9 Å². The fraction of sp³-hybridized carbons (Fsp3) is 0.448. The molecule has 4 N–H and O–H groups in total. The van der Waals surface area contributed by atoms with Crippen LogP contribution in [0.5, 0.6) is 0 Å². The lowest BCUT2D eigenvalue weighted by molar-refractivity contribution is -0.140. The van der Waals surface area contributed by atoms with Crippen LogP contribution in [0.4, 0.5) is 0 Å². The number of nitrogens with zero attached hydrogens (tertiary/aromatic N) is 4. The van der Waals surface area contributed by atoms with E-state index in [1.807, 2.05) is 12.2 Å². The summed E-state index contributed by atoms with van der Waals surface area (Å²) in [6.45, 7) is 40.5. The largest absolute Gasteiger partial charge is 0.462 e. The van der Waals surface area contributed by atoms with E-state index in [2.05, 4.69) is 288 Å². The number of nitrogens with one attached hydrogen (secondary N) is 4. The first kappa shape index (κ1) is 109. The zero-order chi connectivity index (χ0) is 103. The fourth-order valence-corrected chi connectivity index (χ4v) is 22.5. The van der Waals surface area contributed by atoms with Gasteiger partial charge in [0.05, 0.1) is 67.6 Å². The van der Waals surface area contributed by atoms with Crippen LogP contribution in [-0.4, -0.2) is 65.0 Å². The van der Waals surface area contributed by atoms with Crippen molar-refractivity contribution < 1.29 is 19.1 Å². The number of ether oxygens (including phenoxy) is 2. The van der Waals surface area contributed by atoms with E-state index >= 15 is 0 Å². The molecule has 0 saturated carbocycles. The summed E-state index contributed by atoms with van der Waals surface area (Å²) in [4.78, 5) is 65.3. The van der Waals surface area contributed by atoms with Gasteiger partial charge in [0.1, 0.15) is 13.2 Å². The Balaban J connectivity index is 0.988. The Kier molecular flexibility index (Phi) is 40.7. The molecule has 146 heavy (non-hydrogen) atoms. The number of hydrogen-bond donors (Lipinski definition) is 4. The number of H-pyrrole nitrogens is 4. The lowest BCUT2D eigenvalue weighted by Gasteiger charge is -2.10. The molecular formula is C134H166N8O4. The van der Waals surface area contributed by atoms with Crippen LogP contribution in [-0.2, 0) is 44.7 Å². The summed E-state index contributed by atoms with van der Waals surface area (Å²) in [6, 6.07) is 45.2. The van der Waals surface area contributed by atoms with Gasteiger partial charge >= 0.3 is 11.9 Å². The second-order valence-electron chi connectivity index (χ2n) is 41.8. The monoisotopic (exact) mass is 1950 g/mol. The van der Waals surface area contributed by atoms with Crippen molar-refractivity contribution in [3.8, 4) is 68.2 Å². The summed E-state index contributed by atoms with van der Waals surface area (Å²) in [7, 11) is 0. The maximum Gasteiger partial charge on any atom is 0.302 e. The number of rotatable bonds is 50. The second-order valence-corrected chi connectivity index (χ2v) is 41.8. The first-order valence-corrected chi connectivity index (χ1v) is 56.6. The number of aromatic nitrogens is 8. The molecule has 4 aliphatic rings. The van der Waals surface area contributed by atoms with Gasteiger partial charge in [-0.3, -0.25) is 9.59 Å². The maximum atomic E-state index is 12.0. The zero-order valence-electron chi connectivity index (χ0n) is 92.0. The molecule has 0 amide bonds. The SMILES string of the molecule is CCCCCCC1=C(C)c2nc1cc1[nH]c(c(C)c1CCCCCC)c(-c1cccc(C#CC#Cc3cccc(-c4c5nc(cc6[nH]c(c(C)c6CCCCCC)c(-c6cccc(/C=C/COC(C)=O)c6)c6nc(cc7[nH]c4c(C)c7CCCCCC)C(CCCCCC)=C6C)C(CCCCCC)=C5C)c3)c1)c1nc(cc3[nH]c(c(C)c3CCCCCC)c2-c2cccc(/C=C/COC(C)=O)c2)C(CCCCCC)=C1C. The summed E-state index contributed by atoms with van der Waals surface area (Å²) in [5, 5.41) is 0. The Morgan fingerprint density at radius 1 is 0.288 bits per heavy atom. The average molecular weight is 1950 g/mol. The molecule has 4 aromatic carbocycles. The number of hydrogen-bond acceptors (Lipinski definition) is 8. The number of allylic oxidation sites excluding steroid dienone is 8.